The van der Waals surface area contributed by atoms with E-state index in [4.69, 9.17) is 0 Å². The highest BCUT2D eigenvalue weighted by molar-refractivity contribution is 6.03. The SMILES string of the molecule is C=CC(=O)Nc1ccc(C(=O)Nc2nn(C(F)F)c3c2CN(C(=O)NC(CN(C)C)c2ccccc2)C3(C)C)nc1. The quantitative estimate of drug-likeness (QED) is 0.335. The van der Waals surface area contributed by atoms with E-state index in [1.165, 1.54) is 23.2 Å². The fourth-order valence-electron chi connectivity index (χ4n) is 4.80. The Labute approximate surface area is 236 Å². The minimum atomic E-state index is -3.01. The molecule has 1 atom stereocenters. The fourth-order valence-corrected chi connectivity index (χ4v) is 4.80. The van der Waals surface area contributed by atoms with E-state index in [1.54, 1.807) is 13.8 Å². The number of pyridine rings is 1. The number of rotatable bonds is 9. The summed E-state index contributed by atoms with van der Waals surface area (Å²) in [6.45, 7) is 4.14. The first-order valence-electron chi connectivity index (χ1n) is 12.8. The first-order valence-corrected chi connectivity index (χ1v) is 12.8. The largest absolute Gasteiger partial charge is 0.333 e. The van der Waals surface area contributed by atoms with E-state index < -0.39 is 29.9 Å². The van der Waals surface area contributed by atoms with Gasteiger partial charge in [-0.15, -0.1) is 5.10 Å². The molecule has 4 rings (SSSR count). The van der Waals surface area contributed by atoms with E-state index in [1.807, 2.05) is 49.3 Å². The van der Waals surface area contributed by atoms with Gasteiger partial charge in [0.2, 0.25) is 5.91 Å². The van der Waals surface area contributed by atoms with Crippen LogP contribution in [0.25, 0.3) is 0 Å². The number of hydrogen-bond acceptors (Lipinski definition) is 6. The zero-order valence-electron chi connectivity index (χ0n) is 23.2. The lowest BCUT2D eigenvalue weighted by Gasteiger charge is -2.34. The average Bonchev–Trinajstić information content (AvgIpc) is 3.43. The van der Waals surface area contributed by atoms with Crippen LogP contribution >= 0.6 is 0 Å². The van der Waals surface area contributed by atoms with Gasteiger partial charge in [-0.25, -0.2) is 14.5 Å². The zero-order chi connectivity index (χ0) is 29.9. The van der Waals surface area contributed by atoms with Gasteiger partial charge in [0.1, 0.15) is 5.69 Å². The van der Waals surface area contributed by atoms with Gasteiger partial charge >= 0.3 is 12.6 Å². The van der Waals surface area contributed by atoms with E-state index in [2.05, 4.69) is 32.6 Å². The van der Waals surface area contributed by atoms with E-state index >= 15 is 0 Å². The first-order chi connectivity index (χ1) is 19.4. The average molecular weight is 567 g/mol. The first kappa shape index (κ1) is 29.3. The summed E-state index contributed by atoms with van der Waals surface area (Å²) in [5.74, 6) is -1.22. The maximum absolute atomic E-state index is 14.1. The molecule has 0 radical (unpaired) electrons. The highest BCUT2D eigenvalue weighted by atomic mass is 19.3. The molecule has 2 aromatic heterocycles. The summed E-state index contributed by atoms with van der Waals surface area (Å²) in [4.78, 5) is 45.5. The number of hydrogen-bond donors (Lipinski definition) is 3. The van der Waals surface area contributed by atoms with Crippen LogP contribution in [0.15, 0.2) is 61.3 Å². The zero-order valence-corrected chi connectivity index (χ0v) is 23.2. The Balaban J connectivity index is 1.58. The van der Waals surface area contributed by atoms with Crippen LogP contribution in [0.3, 0.4) is 0 Å². The second-order valence-electron chi connectivity index (χ2n) is 10.3. The number of urea groups is 1. The van der Waals surface area contributed by atoms with Crippen LogP contribution < -0.4 is 16.0 Å². The number of nitrogens with zero attached hydrogens (tertiary/aromatic N) is 5. The maximum Gasteiger partial charge on any atom is 0.333 e. The third-order valence-electron chi connectivity index (χ3n) is 6.74. The summed E-state index contributed by atoms with van der Waals surface area (Å²) in [6.07, 6.45) is 2.38. The summed E-state index contributed by atoms with van der Waals surface area (Å²) in [5, 5.41) is 12.1. The molecule has 13 heteroatoms. The van der Waals surface area contributed by atoms with Crippen LogP contribution in [0.4, 0.5) is 25.1 Å². The molecule has 1 aliphatic rings. The van der Waals surface area contributed by atoms with Crippen molar-refractivity contribution in [2.75, 3.05) is 31.3 Å². The summed E-state index contributed by atoms with van der Waals surface area (Å²) in [6, 6.07) is 11.5. The number of benzene rings is 1. The normalized spacial score (nSPS) is 14.5. The Morgan fingerprint density at radius 2 is 1.83 bits per heavy atom. The molecule has 1 aliphatic heterocycles. The number of carbonyl (C=O) groups excluding carboxylic acids is 3. The number of fused-ring (bicyclic) bond motifs is 1. The predicted molar refractivity (Wildman–Crippen MR) is 149 cm³/mol. The molecule has 41 heavy (non-hydrogen) atoms. The van der Waals surface area contributed by atoms with Crippen molar-refractivity contribution in [3.63, 3.8) is 0 Å². The van der Waals surface area contributed by atoms with Crippen LogP contribution in [0.5, 0.6) is 0 Å². The van der Waals surface area contributed by atoms with Crippen molar-refractivity contribution >= 4 is 29.4 Å². The fraction of sp³-hybridized carbons (Fsp3) is 0.321. The molecule has 1 aromatic carbocycles. The van der Waals surface area contributed by atoms with Crippen molar-refractivity contribution in [3.8, 4) is 0 Å². The monoisotopic (exact) mass is 566 g/mol. The minimum absolute atomic E-state index is 0.0248. The summed E-state index contributed by atoms with van der Waals surface area (Å²) >= 11 is 0. The van der Waals surface area contributed by atoms with Crippen LogP contribution in [0, 0.1) is 0 Å². The number of halogens is 2. The molecule has 0 bridgehead atoms. The summed E-state index contributed by atoms with van der Waals surface area (Å²) < 4.78 is 28.8. The second-order valence-corrected chi connectivity index (χ2v) is 10.3. The molecular formula is C28H32F2N8O3. The number of carbonyl (C=O) groups is 3. The molecule has 1 unspecified atom stereocenters. The standard InChI is InChI=1S/C28H32F2N8O3/c1-6-22(39)32-18-12-13-20(31-14-18)25(40)34-24-19-15-37(28(2,3)23(19)38(35-24)26(29)30)27(41)33-21(16-36(4)5)17-10-8-7-9-11-17/h6-14,21,26H,1,15-16H2,2-5H3,(H,32,39)(H,33,41)(H,34,35,40). The molecule has 3 N–H and O–H groups in total. The Bertz CT molecular complexity index is 1440. The lowest BCUT2D eigenvalue weighted by molar-refractivity contribution is -0.111. The molecule has 0 saturated heterocycles. The molecule has 0 saturated carbocycles. The number of anilines is 2. The third kappa shape index (κ3) is 6.24. The van der Waals surface area contributed by atoms with Crippen molar-refractivity contribution in [2.45, 2.75) is 38.5 Å². The predicted octanol–water partition coefficient (Wildman–Crippen LogP) is 4.11. The molecule has 3 aromatic rings. The van der Waals surface area contributed by atoms with Gasteiger partial charge in [-0.3, -0.25) is 9.59 Å². The molecule has 3 heterocycles. The van der Waals surface area contributed by atoms with Crippen LogP contribution in [-0.4, -0.2) is 63.0 Å². The summed E-state index contributed by atoms with van der Waals surface area (Å²) in [7, 11) is 3.78. The van der Waals surface area contributed by atoms with Crippen LogP contribution in [-0.2, 0) is 16.9 Å². The van der Waals surface area contributed by atoms with Gasteiger partial charge in [-0.2, -0.15) is 8.78 Å². The van der Waals surface area contributed by atoms with Gasteiger partial charge < -0.3 is 25.8 Å². The van der Waals surface area contributed by atoms with Crippen molar-refractivity contribution in [2.24, 2.45) is 0 Å². The number of nitrogens with one attached hydrogen (secondary N) is 3. The minimum Gasteiger partial charge on any atom is -0.330 e. The van der Waals surface area contributed by atoms with Gasteiger partial charge in [0, 0.05) is 12.1 Å². The number of amides is 4. The smallest absolute Gasteiger partial charge is 0.330 e. The third-order valence-corrected chi connectivity index (χ3v) is 6.74. The van der Waals surface area contributed by atoms with Gasteiger partial charge in [0.25, 0.3) is 5.91 Å². The molecule has 0 fully saturated rings. The van der Waals surface area contributed by atoms with Gasteiger partial charge in [0.05, 0.1) is 35.7 Å². The Hall–Kier alpha value is -4.65. The molecule has 4 amide bonds. The Morgan fingerprint density at radius 3 is 2.41 bits per heavy atom. The van der Waals surface area contributed by atoms with E-state index in [0.717, 1.165) is 11.6 Å². The van der Waals surface area contributed by atoms with E-state index in [0.29, 0.717) is 22.5 Å². The van der Waals surface area contributed by atoms with Crippen molar-refractivity contribution in [3.05, 3.63) is 83.8 Å². The molecule has 0 spiro atoms. The Kier molecular flexibility index (Phi) is 8.47. The van der Waals surface area contributed by atoms with Crippen LogP contribution in [0.2, 0.25) is 0 Å². The highest BCUT2D eigenvalue weighted by Crippen LogP contribution is 2.43. The summed E-state index contributed by atoms with van der Waals surface area (Å²) in [5.41, 5.74) is 0.478. The second kappa shape index (κ2) is 11.8. The lowest BCUT2D eigenvalue weighted by atomic mass is 10.0. The lowest BCUT2D eigenvalue weighted by Crippen LogP contribution is -2.49. The van der Waals surface area contributed by atoms with Gasteiger partial charge in [0.15, 0.2) is 5.82 Å². The molecule has 0 aliphatic carbocycles. The van der Waals surface area contributed by atoms with Gasteiger partial charge in [-0.1, -0.05) is 36.9 Å². The maximum atomic E-state index is 14.1. The highest BCUT2D eigenvalue weighted by Gasteiger charge is 2.47. The van der Waals surface area contributed by atoms with Crippen molar-refractivity contribution in [1.82, 2.24) is 29.9 Å². The van der Waals surface area contributed by atoms with Crippen molar-refractivity contribution < 1.29 is 23.2 Å². The van der Waals surface area contributed by atoms with E-state index in [-0.39, 0.29) is 29.8 Å². The molecule has 216 valence electrons. The number of aromatic nitrogens is 3. The van der Waals surface area contributed by atoms with Crippen LogP contribution in [0.1, 0.15) is 53.7 Å². The molecule has 11 nitrogen and oxygen atoms in total. The number of likely N-dealkylation sites (N-methyl/N-ethyl adjacent to an activating group) is 1. The van der Waals surface area contributed by atoms with Gasteiger partial charge in [-0.05, 0) is 51.7 Å². The topological polar surface area (TPSA) is 124 Å². The van der Waals surface area contributed by atoms with E-state index in [9.17, 15) is 23.2 Å². The Morgan fingerprint density at radius 1 is 1.12 bits per heavy atom. The van der Waals surface area contributed by atoms with Crippen molar-refractivity contribution in [1.29, 1.82) is 0 Å². The number of alkyl halides is 2. The molecular weight excluding hydrogens is 534 g/mol.